The molecule has 100 valence electrons. The zero-order chi connectivity index (χ0) is 14.2. The van der Waals surface area contributed by atoms with Gasteiger partial charge in [-0.15, -0.1) is 0 Å². The molecule has 0 amide bonds. The normalized spacial score (nSPS) is 16.3. The van der Waals surface area contributed by atoms with Gasteiger partial charge >= 0.3 is 0 Å². The highest BCUT2D eigenvalue weighted by molar-refractivity contribution is 6.12. The average Bonchev–Trinajstić information content (AvgIpc) is 3.01. The summed E-state index contributed by atoms with van der Waals surface area (Å²) in [5, 5.41) is 2.83. The summed E-state index contributed by atoms with van der Waals surface area (Å²) in [7, 11) is 0. The maximum absolute atomic E-state index is 2.41. The van der Waals surface area contributed by atoms with E-state index in [2.05, 4.69) is 74.5 Å². The molecule has 0 atom stereocenters. The van der Waals surface area contributed by atoms with Gasteiger partial charge < -0.3 is 0 Å². The largest absolute Gasteiger partial charge is 0.0619 e. The molecule has 0 nitrogen and oxygen atoms in total. The van der Waals surface area contributed by atoms with Crippen LogP contribution >= 0.6 is 0 Å². The highest BCUT2D eigenvalue weighted by Gasteiger charge is 2.37. The Morgan fingerprint density at radius 2 is 1.57 bits per heavy atom. The van der Waals surface area contributed by atoms with E-state index in [4.69, 9.17) is 0 Å². The molecule has 0 fully saturated rings. The quantitative estimate of drug-likeness (QED) is 0.387. The average molecular weight is 268 g/mol. The van der Waals surface area contributed by atoms with Crippen molar-refractivity contribution in [2.24, 2.45) is 0 Å². The fourth-order valence-corrected chi connectivity index (χ4v) is 4.17. The zero-order valence-corrected chi connectivity index (χ0v) is 12.3. The van der Waals surface area contributed by atoms with Crippen molar-refractivity contribution in [3.8, 4) is 11.1 Å². The molecule has 3 aromatic rings. The molecule has 0 saturated carbocycles. The molecule has 0 heterocycles. The van der Waals surface area contributed by atoms with E-state index >= 15 is 0 Å². The van der Waals surface area contributed by atoms with E-state index in [1.54, 1.807) is 0 Å². The maximum atomic E-state index is 2.41. The third-order valence-corrected chi connectivity index (χ3v) is 5.21. The van der Waals surface area contributed by atoms with Crippen molar-refractivity contribution in [3.63, 3.8) is 0 Å². The second kappa shape index (κ2) is 3.46. The maximum Gasteiger partial charge on any atom is 0.0159 e. The van der Waals surface area contributed by atoms with Gasteiger partial charge in [-0.2, -0.15) is 0 Å². The highest BCUT2D eigenvalue weighted by Crippen LogP contribution is 2.53. The number of benzene rings is 3. The van der Waals surface area contributed by atoms with E-state index in [-0.39, 0.29) is 5.41 Å². The topological polar surface area (TPSA) is 0 Å². The van der Waals surface area contributed by atoms with Crippen molar-refractivity contribution in [2.45, 2.75) is 19.3 Å². The molecule has 21 heavy (non-hydrogen) atoms. The fourth-order valence-electron chi connectivity index (χ4n) is 4.17. The molecular weight excluding hydrogens is 252 g/mol. The first-order chi connectivity index (χ1) is 10.2. The second-order valence-electron chi connectivity index (χ2n) is 6.66. The number of hydrogen-bond acceptors (Lipinski definition) is 0. The Labute approximate surface area is 124 Å². The number of rotatable bonds is 0. The van der Waals surface area contributed by atoms with Crippen LogP contribution in [0.1, 0.15) is 36.1 Å². The minimum Gasteiger partial charge on any atom is -0.0619 e. The molecule has 0 heteroatoms. The van der Waals surface area contributed by atoms with Crippen LogP contribution in [0.15, 0.2) is 48.5 Å². The van der Waals surface area contributed by atoms with Gasteiger partial charge in [0.05, 0.1) is 0 Å². The number of hydrogen-bond donors (Lipinski definition) is 0. The van der Waals surface area contributed by atoms with Gasteiger partial charge in [0.2, 0.25) is 0 Å². The van der Waals surface area contributed by atoms with Gasteiger partial charge in [0.25, 0.3) is 0 Å². The van der Waals surface area contributed by atoms with Gasteiger partial charge in [0.15, 0.2) is 0 Å². The molecule has 0 aromatic heterocycles. The van der Waals surface area contributed by atoms with Gasteiger partial charge in [-0.1, -0.05) is 68.5 Å². The Morgan fingerprint density at radius 1 is 0.762 bits per heavy atom. The van der Waals surface area contributed by atoms with Crippen LogP contribution in [0.3, 0.4) is 0 Å². The first-order valence-corrected chi connectivity index (χ1v) is 7.56. The Morgan fingerprint density at radius 3 is 2.48 bits per heavy atom. The van der Waals surface area contributed by atoms with E-state index in [9.17, 15) is 0 Å². The summed E-state index contributed by atoms with van der Waals surface area (Å²) in [5.41, 5.74) is 8.59. The lowest BCUT2D eigenvalue weighted by Gasteiger charge is -2.22. The van der Waals surface area contributed by atoms with Crippen LogP contribution in [0.25, 0.3) is 34.1 Å². The van der Waals surface area contributed by atoms with Gasteiger partial charge in [-0.05, 0) is 50.2 Å². The lowest BCUT2D eigenvalue weighted by Crippen LogP contribution is -2.15. The van der Waals surface area contributed by atoms with Crippen LogP contribution in [0.2, 0.25) is 0 Å². The molecule has 0 unspecified atom stereocenters. The Bertz CT molecular complexity index is 955. The standard InChI is InChI=1S/C21H16/c1-21(2)17-9-4-3-7-15(17)20-16-8-5-6-13-10-11-14(19(13)16)12-18(20)21/h3-12H,1-2H3. The minimum absolute atomic E-state index is 0.0864. The van der Waals surface area contributed by atoms with Crippen LogP contribution in [-0.2, 0) is 5.41 Å². The van der Waals surface area contributed by atoms with Crippen LogP contribution in [0.4, 0.5) is 0 Å². The Balaban J connectivity index is 2.05. The Kier molecular flexibility index (Phi) is 1.87. The highest BCUT2D eigenvalue weighted by atomic mass is 14.4. The van der Waals surface area contributed by atoms with Crippen molar-refractivity contribution in [3.05, 3.63) is 70.8 Å². The van der Waals surface area contributed by atoms with E-state index in [1.165, 1.54) is 44.2 Å². The summed E-state index contributed by atoms with van der Waals surface area (Å²) >= 11 is 0. The molecule has 2 aliphatic carbocycles. The minimum atomic E-state index is 0.0864. The van der Waals surface area contributed by atoms with Gasteiger partial charge in [-0.25, -0.2) is 0 Å². The zero-order valence-electron chi connectivity index (χ0n) is 12.3. The lowest BCUT2D eigenvalue weighted by molar-refractivity contribution is 0.660. The summed E-state index contributed by atoms with van der Waals surface area (Å²) in [6.45, 7) is 4.69. The van der Waals surface area contributed by atoms with Gasteiger partial charge in [0.1, 0.15) is 0 Å². The molecular formula is C21H16. The van der Waals surface area contributed by atoms with Crippen LogP contribution in [0.5, 0.6) is 0 Å². The lowest BCUT2D eigenvalue weighted by atomic mass is 9.81. The first kappa shape index (κ1) is 11.3. The van der Waals surface area contributed by atoms with Gasteiger partial charge in [-0.3, -0.25) is 0 Å². The van der Waals surface area contributed by atoms with Crippen molar-refractivity contribution in [1.29, 1.82) is 0 Å². The molecule has 0 radical (unpaired) electrons. The van der Waals surface area contributed by atoms with E-state index in [1.807, 2.05) is 0 Å². The predicted octanol–water partition coefficient (Wildman–Crippen LogP) is 5.63. The van der Waals surface area contributed by atoms with E-state index < -0.39 is 0 Å². The van der Waals surface area contributed by atoms with Crippen LogP contribution in [0, 0.1) is 0 Å². The fraction of sp³-hybridized carbons (Fsp3) is 0.143. The van der Waals surface area contributed by atoms with Gasteiger partial charge in [0, 0.05) is 5.41 Å². The van der Waals surface area contributed by atoms with Crippen LogP contribution in [-0.4, -0.2) is 0 Å². The molecule has 0 saturated heterocycles. The van der Waals surface area contributed by atoms with Crippen molar-refractivity contribution < 1.29 is 0 Å². The van der Waals surface area contributed by atoms with Crippen molar-refractivity contribution in [2.75, 3.05) is 0 Å². The predicted molar refractivity (Wildman–Crippen MR) is 90.4 cm³/mol. The summed E-state index contributed by atoms with van der Waals surface area (Å²) in [5.74, 6) is 0. The molecule has 3 aromatic carbocycles. The molecule has 0 spiro atoms. The van der Waals surface area contributed by atoms with E-state index in [0.717, 1.165) is 0 Å². The number of fused-ring (bicyclic) bond motifs is 4. The third-order valence-electron chi connectivity index (χ3n) is 5.21. The summed E-state index contributed by atoms with van der Waals surface area (Å²) in [6.07, 6.45) is 4.50. The van der Waals surface area contributed by atoms with Crippen molar-refractivity contribution >= 4 is 22.9 Å². The van der Waals surface area contributed by atoms with Crippen molar-refractivity contribution in [1.82, 2.24) is 0 Å². The van der Waals surface area contributed by atoms with Crippen LogP contribution < -0.4 is 0 Å². The molecule has 0 aliphatic heterocycles. The summed E-state index contributed by atoms with van der Waals surface area (Å²) < 4.78 is 0. The summed E-state index contributed by atoms with van der Waals surface area (Å²) in [4.78, 5) is 0. The molecule has 0 bridgehead atoms. The smallest absolute Gasteiger partial charge is 0.0159 e. The SMILES string of the molecule is CC1(C)c2ccccc2-c2c1cc1c3c(cccc23)C=C1. The summed E-state index contributed by atoms with van der Waals surface area (Å²) in [6, 6.07) is 18.0. The third kappa shape index (κ3) is 1.22. The second-order valence-corrected chi connectivity index (χ2v) is 6.66. The Hall–Kier alpha value is -2.34. The van der Waals surface area contributed by atoms with E-state index in [0.29, 0.717) is 0 Å². The monoisotopic (exact) mass is 268 g/mol. The molecule has 0 N–H and O–H groups in total. The first-order valence-electron chi connectivity index (χ1n) is 7.56. The molecule has 2 aliphatic rings. The molecule has 5 rings (SSSR count).